The van der Waals surface area contributed by atoms with Gasteiger partial charge in [-0.15, -0.1) is 0 Å². The summed E-state index contributed by atoms with van der Waals surface area (Å²) in [4.78, 5) is 115. The molecule has 0 aromatic heterocycles. The summed E-state index contributed by atoms with van der Waals surface area (Å²) in [6, 6.07) is 11.0. The van der Waals surface area contributed by atoms with Crippen LogP contribution in [0.3, 0.4) is 0 Å². The van der Waals surface area contributed by atoms with Gasteiger partial charge in [-0.25, -0.2) is 0 Å². The molecule has 2 atom stereocenters. The summed E-state index contributed by atoms with van der Waals surface area (Å²) in [7, 11) is 0. The van der Waals surface area contributed by atoms with Crippen molar-refractivity contribution in [2.75, 3.05) is 6.54 Å². The molecule has 0 aliphatic carbocycles. The summed E-state index contributed by atoms with van der Waals surface area (Å²) in [5.41, 5.74) is 0.516. The van der Waals surface area contributed by atoms with Crippen LogP contribution in [0.4, 0.5) is 0 Å². The van der Waals surface area contributed by atoms with Gasteiger partial charge in [0, 0.05) is 56.4 Å². The molecule has 4 aromatic rings. The summed E-state index contributed by atoms with van der Waals surface area (Å²) in [5, 5.41) is 1.61. The fourth-order valence-corrected chi connectivity index (χ4v) is 8.89. The highest BCUT2D eigenvalue weighted by molar-refractivity contribution is 6.37. The molecule has 4 aliphatic rings. The number of carbonyl (C=O) groups is 8. The minimum Gasteiger partial charge on any atom is -0.274 e. The zero-order valence-corrected chi connectivity index (χ0v) is 31.9. The van der Waals surface area contributed by atoms with E-state index >= 15 is 0 Å². The van der Waals surface area contributed by atoms with Crippen LogP contribution in [0.25, 0.3) is 21.5 Å². The highest BCUT2D eigenvalue weighted by Gasteiger charge is 2.48. The Morgan fingerprint density at radius 2 is 0.786 bits per heavy atom. The maximum Gasteiger partial charge on any atom is 0.281 e. The second-order valence-electron chi connectivity index (χ2n) is 15.3. The van der Waals surface area contributed by atoms with Crippen molar-refractivity contribution < 1.29 is 38.4 Å². The Hall–Kier alpha value is -6.04. The molecular formula is C44H42N4O8. The molecule has 12 nitrogen and oxygen atoms in total. The lowest BCUT2D eigenvalue weighted by atomic mass is 9.85. The van der Waals surface area contributed by atoms with Crippen molar-refractivity contribution in [2.45, 2.75) is 91.5 Å². The Balaban J connectivity index is 1.14. The van der Waals surface area contributed by atoms with Crippen LogP contribution >= 0.6 is 0 Å². The molecule has 0 N–H and O–H groups in total. The van der Waals surface area contributed by atoms with E-state index in [0.717, 1.165) is 51.4 Å². The number of unbranched alkanes of at least 4 members (excludes halogenated alkanes) is 4. The fourth-order valence-electron chi connectivity index (χ4n) is 8.89. The summed E-state index contributed by atoms with van der Waals surface area (Å²) >= 11 is 0. The molecule has 56 heavy (non-hydrogen) atoms. The summed E-state index contributed by atoms with van der Waals surface area (Å²) in [6.07, 6.45) is 8.20. The van der Waals surface area contributed by atoms with Crippen LogP contribution in [-0.2, 0) is 0 Å². The quantitative estimate of drug-likeness (QED) is 0.100. The highest BCUT2D eigenvalue weighted by Crippen LogP contribution is 2.42. The van der Waals surface area contributed by atoms with Crippen molar-refractivity contribution in [3.05, 3.63) is 93.0 Å². The monoisotopic (exact) mass is 754 g/mol. The first kappa shape index (κ1) is 36.9. The van der Waals surface area contributed by atoms with Crippen molar-refractivity contribution >= 4 is 68.8 Å². The molecule has 0 bridgehead atoms. The Labute approximate surface area is 323 Å². The number of benzene rings is 4. The maximum atomic E-state index is 14.3. The SMILES string of the molecule is CCCCCCC(C)N1C(=O)c2ccc3c4c(ccc(c24)C1=O)C(=O)N(N1C(=O)c2ccc4c5c(ccc(c25)C1=O)C(=O)N(CC(CC)CCCC)C4=O)C3=O. The Kier molecular flexibility index (Phi) is 9.17. The number of hydrogen-bond donors (Lipinski definition) is 0. The first-order chi connectivity index (χ1) is 27.0. The largest absolute Gasteiger partial charge is 0.281 e. The van der Waals surface area contributed by atoms with Crippen LogP contribution in [0.2, 0.25) is 0 Å². The van der Waals surface area contributed by atoms with Gasteiger partial charge in [-0.3, -0.25) is 48.2 Å². The fraction of sp³-hybridized carbons (Fsp3) is 0.364. The van der Waals surface area contributed by atoms with Crippen LogP contribution in [0.15, 0.2) is 48.5 Å². The zero-order valence-electron chi connectivity index (χ0n) is 31.9. The highest BCUT2D eigenvalue weighted by atomic mass is 16.2. The number of imide groups is 4. The number of nitrogens with zero attached hydrogens (tertiary/aromatic N) is 4. The lowest BCUT2D eigenvalue weighted by Crippen LogP contribution is -2.58. The van der Waals surface area contributed by atoms with Gasteiger partial charge < -0.3 is 0 Å². The molecule has 0 saturated carbocycles. The summed E-state index contributed by atoms with van der Waals surface area (Å²) in [5.74, 6) is -5.87. The second kappa shape index (κ2) is 13.9. The molecule has 4 heterocycles. The van der Waals surface area contributed by atoms with E-state index in [9.17, 15) is 38.4 Å². The molecule has 0 radical (unpaired) electrons. The van der Waals surface area contributed by atoms with Crippen LogP contribution in [0, 0.1) is 5.92 Å². The van der Waals surface area contributed by atoms with E-state index in [-0.39, 0.29) is 84.6 Å². The molecule has 8 amide bonds. The third kappa shape index (κ3) is 5.25. The molecule has 12 heteroatoms. The average molecular weight is 755 g/mol. The third-order valence-electron chi connectivity index (χ3n) is 12.0. The Morgan fingerprint density at radius 1 is 0.429 bits per heavy atom. The summed E-state index contributed by atoms with van der Waals surface area (Å²) in [6.45, 7) is 8.30. The molecule has 4 aliphatic heterocycles. The smallest absolute Gasteiger partial charge is 0.274 e. The normalized spacial score (nSPS) is 17.3. The maximum absolute atomic E-state index is 14.3. The predicted molar refractivity (Wildman–Crippen MR) is 206 cm³/mol. The van der Waals surface area contributed by atoms with E-state index in [1.165, 1.54) is 58.3 Å². The average Bonchev–Trinajstić information content (AvgIpc) is 3.19. The van der Waals surface area contributed by atoms with Crippen molar-refractivity contribution in [3.63, 3.8) is 0 Å². The van der Waals surface area contributed by atoms with E-state index < -0.39 is 47.3 Å². The molecule has 8 rings (SSSR count). The van der Waals surface area contributed by atoms with Gasteiger partial charge in [-0.2, -0.15) is 10.0 Å². The van der Waals surface area contributed by atoms with Gasteiger partial charge in [0.15, 0.2) is 0 Å². The van der Waals surface area contributed by atoms with Crippen LogP contribution in [0.1, 0.15) is 168 Å². The van der Waals surface area contributed by atoms with E-state index in [0.29, 0.717) is 16.4 Å². The van der Waals surface area contributed by atoms with Gasteiger partial charge in [0.1, 0.15) is 0 Å². The third-order valence-corrected chi connectivity index (χ3v) is 12.0. The Bertz CT molecular complexity index is 2340. The molecule has 286 valence electrons. The van der Waals surface area contributed by atoms with Crippen molar-refractivity contribution in [2.24, 2.45) is 5.92 Å². The summed E-state index contributed by atoms with van der Waals surface area (Å²) < 4.78 is 0. The topological polar surface area (TPSA) is 150 Å². The minimum absolute atomic E-state index is 0.0552. The predicted octanol–water partition coefficient (Wildman–Crippen LogP) is 7.57. The second-order valence-corrected chi connectivity index (χ2v) is 15.3. The standard InChI is InChI=1S/C44H42N4O8/c1-5-8-10-11-12-23(4)46-39(51)27-16-20-31-36-32(21-17-28(34(27)36)40(46)52)44(56)48(43(31)55)47-41(53)29-18-14-25-33-26(15-19-30(35(29)33)42(47)54)38(50)45(37(25)49)22-24(7-3)13-9-6-2/h14-21,23-24H,5-13,22H2,1-4H3. The zero-order chi connectivity index (χ0) is 39.7. The molecular weight excluding hydrogens is 713 g/mol. The number of hydrazine groups is 1. The van der Waals surface area contributed by atoms with Gasteiger partial charge in [0.2, 0.25) is 0 Å². The van der Waals surface area contributed by atoms with Crippen LogP contribution < -0.4 is 0 Å². The van der Waals surface area contributed by atoms with Gasteiger partial charge >= 0.3 is 0 Å². The van der Waals surface area contributed by atoms with Gasteiger partial charge in [0.05, 0.1) is 22.3 Å². The van der Waals surface area contributed by atoms with Gasteiger partial charge in [-0.1, -0.05) is 65.7 Å². The van der Waals surface area contributed by atoms with Gasteiger partial charge in [-0.05, 0) is 74.2 Å². The molecule has 4 aromatic carbocycles. The van der Waals surface area contributed by atoms with E-state index in [2.05, 4.69) is 13.8 Å². The molecule has 0 fully saturated rings. The minimum atomic E-state index is -0.983. The van der Waals surface area contributed by atoms with Gasteiger partial charge in [0.25, 0.3) is 47.3 Å². The molecule has 0 saturated heterocycles. The van der Waals surface area contributed by atoms with E-state index in [4.69, 9.17) is 0 Å². The number of hydrogen-bond acceptors (Lipinski definition) is 8. The van der Waals surface area contributed by atoms with Crippen molar-refractivity contribution in [1.82, 2.24) is 19.8 Å². The first-order valence-corrected chi connectivity index (χ1v) is 19.7. The Morgan fingerprint density at radius 3 is 1.14 bits per heavy atom. The number of carbonyl (C=O) groups excluding carboxylic acids is 8. The van der Waals surface area contributed by atoms with Crippen LogP contribution in [-0.4, -0.2) is 79.7 Å². The van der Waals surface area contributed by atoms with E-state index in [1.807, 2.05) is 13.8 Å². The molecule has 2 unspecified atom stereocenters. The lowest BCUT2D eigenvalue weighted by Gasteiger charge is -2.38. The number of amides is 8. The first-order valence-electron chi connectivity index (χ1n) is 19.7. The number of rotatable bonds is 13. The van der Waals surface area contributed by atoms with E-state index in [1.54, 1.807) is 0 Å². The molecule has 0 spiro atoms. The van der Waals surface area contributed by atoms with Crippen LogP contribution in [0.5, 0.6) is 0 Å². The van der Waals surface area contributed by atoms with Crippen molar-refractivity contribution in [1.29, 1.82) is 0 Å². The lowest BCUT2D eigenvalue weighted by molar-refractivity contribution is 0.00211. The van der Waals surface area contributed by atoms with Crippen molar-refractivity contribution in [3.8, 4) is 0 Å².